The highest BCUT2D eigenvalue weighted by Gasteiger charge is 2.54. The van der Waals surface area contributed by atoms with Gasteiger partial charge in [0, 0.05) is 34.2 Å². The van der Waals surface area contributed by atoms with E-state index in [0.717, 1.165) is 0 Å². The van der Waals surface area contributed by atoms with Gasteiger partial charge in [0.25, 0.3) is 0 Å². The third kappa shape index (κ3) is 3.93. The van der Waals surface area contributed by atoms with Crippen molar-refractivity contribution in [1.29, 1.82) is 0 Å². The van der Waals surface area contributed by atoms with E-state index in [0.29, 0.717) is 12.8 Å². The zero-order chi connectivity index (χ0) is 16.0. The maximum atomic E-state index is 12.3. The third-order valence-corrected chi connectivity index (χ3v) is 3.72. The second kappa shape index (κ2) is 7.72. The maximum Gasteiger partial charge on any atom is 0.350 e. The summed E-state index contributed by atoms with van der Waals surface area (Å²) in [4.78, 5) is 12.3. The van der Waals surface area contributed by atoms with E-state index < -0.39 is 11.6 Å². The Morgan fingerprint density at radius 1 is 1.05 bits per heavy atom. The van der Waals surface area contributed by atoms with Gasteiger partial charge in [-0.3, -0.25) is 0 Å². The third-order valence-electron chi connectivity index (χ3n) is 3.72. The van der Waals surface area contributed by atoms with E-state index in [2.05, 4.69) is 0 Å². The zero-order valence-corrected chi connectivity index (χ0v) is 13.6. The molecule has 1 fully saturated rings. The zero-order valence-electron chi connectivity index (χ0n) is 13.6. The number of rotatable bonds is 6. The normalized spacial score (nSPS) is 32.4. The van der Waals surface area contributed by atoms with Gasteiger partial charge in [-0.15, -0.1) is 0 Å². The van der Waals surface area contributed by atoms with Crippen molar-refractivity contribution < 1.29 is 33.1 Å². The topological polar surface area (TPSA) is 66.2 Å². The number of hydrogen-bond acceptors (Lipinski definition) is 6. The molecule has 2 atom stereocenters. The molecule has 1 aliphatic carbocycles. The van der Waals surface area contributed by atoms with Gasteiger partial charge in [-0.25, -0.2) is 9.37 Å². The van der Waals surface area contributed by atoms with E-state index in [1.807, 2.05) is 14.1 Å². The van der Waals surface area contributed by atoms with Crippen molar-refractivity contribution in [2.45, 2.75) is 36.8 Å². The lowest BCUT2D eigenvalue weighted by Gasteiger charge is -2.43. The summed E-state index contributed by atoms with van der Waals surface area (Å²) in [5.41, 5.74) is -1.14. The molecule has 7 nitrogen and oxygen atoms in total. The summed E-state index contributed by atoms with van der Waals surface area (Å²) < 4.78 is 28.8. The number of methoxy groups -OCH3 is 4. The monoisotopic (exact) mass is 304 g/mol. The average molecular weight is 304 g/mol. The Hall–Kier alpha value is -1.18. The highest BCUT2D eigenvalue weighted by Crippen LogP contribution is 2.36. The molecule has 0 N–H and O–H groups in total. The van der Waals surface area contributed by atoms with Gasteiger partial charge in [-0.05, 0) is 0 Å². The van der Waals surface area contributed by atoms with Crippen LogP contribution in [0.2, 0.25) is 0 Å². The molecule has 1 aliphatic rings. The molecule has 0 saturated heterocycles. The smallest absolute Gasteiger partial charge is 0.350 e. The lowest BCUT2D eigenvalue weighted by molar-refractivity contribution is -0.470. The van der Waals surface area contributed by atoms with Crippen molar-refractivity contribution in [2.75, 3.05) is 42.5 Å². The van der Waals surface area contributed by atoms with E-state index in [1.54, 1.807) is 25.9 Å². The first-order chi connectivity index (χ1) is 9.93. The van der Waals surface area contributed by atoms with Crippen molar-refractivity contribution in [1.82, 2.24) is 0 Å². The molecule has 0 spiro atoms. The van der Waals surface area contributed by atoms with Crippen LogP contribution in [0.4, 0.5) is 0 Å². The van der Waals surface area contributed by atoms with Crippen LogP contribution in [0.1, 0.15) is 12.8 Å². The fraction of sp³-hybridized carbons (Fsp3) is 0.857. The quantitative estimate of drug-likeness (QED) is 0.299. The van der Waals surface area contributed by atoms with Crippen LogP contribution >= 0.6 is 0 Å². The van der Waals surface area contributed by atoms with Gasteiger partial charge in [0.05, 0.1) is 19.3 Å². The van der Waals surface area contributed by atoms with Crippen molar-refractivity contribution in [3.05, 3.63) is 0 Å². The molecule has 1 saturated carbocycles. The standard InChI is InChI=1S/C14H26NO6/c1-15(2)9-21-14(13(16)20-6)7-10(17-3)12(19-5)11(8-14)18-4/h9-12H,7-8H2,1-6H3/q+1. The Bertz CT molecular complexity index is 366. The molecule has 0 radical (unpaired) electrons. The van der Waals surface area contributed by atoms with Gasteiger partial charge in [0.1, 0.15) is 20.2 Å². The van der Waals surface area contributed by atoms with Gasteiger partial charge >= 0.3 is 12.4 Å². The van der Waals surface area contributed by atoms with Gasteiger partial charge in [0.2, 0.25) is 5.60 Å². The van der Waals surface area contributed by atoms with Crippen LogP contribution in [0.3, 0.4) is 0 Å². The summed E-state index contributed by atoms with van der Waals surface area (Å²) in [6, 6.07) is 0. The van der Waals surface area contributed by atoms with E-state index >= 15 is 0 Å². The summed E-state index contributed by atoms with van der Waals surface area (Å²) in [5, 5.41) is 0. The summed E-state index contributed by atoms with van der Waals surface area (Å²) in [7, 11) is 9.72. The van der Waals surface area contributed by atoms with Crippen LogP contribution in [0, 0.1) is 0 Å². The Morgan fingerprint density at radius 3 is 1.90 bits per heavy atom. The summed E-state index contributed by atoms with van der Waals surface area (Å²) in [5.74, 6) is -0.445. The van der Waals surface area contributed by atoms with Crippen molar-refractivity contribution in [3.8, 4) is 0 Å². The number of carbonyl (C=O) groups is 1. The molecule has 0 aromatic heterocycles. The van der Waals surface area contributed by atoms with E-state index in [4.69, 9.17) is 23.7 Å². The predicted octanol–water partition coefficient (Wildman–Crippen LogP) is 0.0540. The predicted molar refractivity (Wildman–Crippen MR) is 75.6 cm³/mol. The first-order valence-electron chi connectivity index (χ1n) is 6.78. The van der Waals surface area contributed by atoms with Gasteiger partial charge < -0.3 is 23.7 Å². The van der Waals surface area contributed by atoms with Crippen molar-refractivity contribution in [3.63, 3.8) is 0 Å². The van der Waals surface area contributed by atoms with Gasteiger partial charge in [-0.1, -0.05) is 0 Å². The Labute approximate surface area is 125 Å². The molecule has 122 valence electrons. The highest BCUT2D eigenvalue weighted by atomic mass is 16.6. The molecule has 1 rings (SSSR count). The molecule has 0 aromatic carbocycles. The van der Waals surface area contributed by atoms with Crippen LogP contribution in [0.5, 0.6) is 0 Å². The molecular formula is C14H26NO6+. The number of esters is 1. The minimum atomic E-state index is -1.14. The summed E-state index contributed by atoms with van der Waals surface area (Å²) in [6.45, 7) is 0. The number of hydrogen-bond donors (Lipinski definition) is 0. The first kappa shape index (κ1) is 17.9. The summed E-state index contributed by atoms with van der Waals surface area (Å²) >= 11 is 0. The SMILES string of the molecule is COC(=O)C1(OC=[N+](C)C)CC(OC)C(OC)C(OC)C1. The molecular weight excluding hydrogens is 278 g/mol. The lowest BCUT2D eigenvalue weighted by Crippen LogP contribution is -2.59. The van der Waals surface area contributed by atoms with Crippen LogP contribution < -0.4 is 0 Å². The largest absolute Gasteiger partial charge is 0.466 e. The molecule has 0 aromatic rings. The molecule has 2 unspecified atom stereocenters. The van der Waals surface area contributed by atoms with Crippen molar-refractivity contribution in [2.24, 2.45) is 0 Å². The second-order valence-corrected chi connectivity index (χ2v) is 5.33. The first-order valence-corrected chi connectivity index (χ1v) is 6.78. The maximum absolute atomic E-state index is 12.3. The number of carbonyl (C=O) groups excluding carboxylic acids is 1. The molecule has 0 heterocycles. The van der Waals surface area contributed by atoms with Gasteiger partial charge in [-0.2, -0.15) is 0 Å². The summed E-state index contributed by atoms with van der Waals surface area (Å²) in [6.07, 6.45) is 1.23. The van der Waals surface area contributed by atoms with Crippen LogP contribution in [-0.4, -0.2) is 83.4 Å². The molecule has 0 aliphatic heterocycles. The van der Waals surface area contributed by atoms with E-state index in [1.165, 1.54) is 13.5 Å². The lowest BCUT2D eigenvalue weighted by atomic mass is 9.79. The molecule has 0 bridgehead atoms. The van der Waals surface area contributed by atoms with Crippen LogP contribution in [0.25, 0.3) is 0 Å². The van der Waals surface area contributed by atoms with E-state index in [9.17, 15) is 4.79 Å². The fourth-order valence-corrected chi connectivity index (χ4v) is 2.65. The highest BCUT2D eigenvalue weighted by molar-refractivity contribution is 5.81. The Kier molecular flexibility index (Phi) is 6.57. The molecule has 7 heteroatoms. The van der Waals surface area contributed by atoms with Crippen molar-refractivity contribution >= 4 is 12.4 Å². The van der Waals surface area contributed by atoms with E-state index in [-0.39, 0.29) is 18.3 Å². The molecule has 21 heavy (non-hydrogen) atoms. The van der Waals surface area contributed by atoms with Crippen LogP contribution in [-0.2, 0) is 28.5 Å². The fourth-order valence-electron chi connectivity index (χ4n) is 2.65. The molecule has 0 amide bonds. The number of nitrogens with zero attached hydrogens (tertiary/aromatic N) is 1. The van der Waals surface area contributed by atoms with Gasteiger partial charge in [0.15, 0.2) is 0 Å². The second-order valence-electron chi connectivity index (χ2n) is 5.33. The number of ether oxygens (including phenoxy) is 5. The Morgan fingerprint density at radius 2 is 1.57 bits per heavy atom. The average Bonchev–Trinajstić information content (AvgIpc) is 2.50. The minimum absolute atomic E-state index is 0.263. The minimum Gasteiger partial charge on any atom is -0.466 e. The van der Waals surface area contributed by atoms with Crippen LogP contribution in [0.15, 0.2) is 0 Å². The Balaban J connectivity index is 3.12.